The summed E-state index contributed by atoms with van der Waals surface area (Å²) < 4.78 is 110. The van der Waals surface area contributed by atoms with E-state index in [2.05, 4.69) is 36.7 Å². The van der Waals surface area contributed by atoms with E-state index in [9.17, 15) is 19.2 Å². The molecule has 0 bridgehead atoms. The van der Waals surface area contributed by atoms with Gasteiger partial charge in [0.2, 0.25) is 17.6 Å². The van der Waals surface area contributed by atoms with Crippen LogP contribution >= 0.6 is 15.9 Å². The van der Waals surface area contributed by atoms with Crippen molar-refractivity contribution in [3.8, 4) is 28.7 Å². The number of fused-ring (bicyclic) bond motifs is 1. The van der Waals surface area contributed by atoms with Crippen molar-refractivity contribution < 1.29 is 59.4 Å². The second-order valence-corrected chi connectivity index (χ2v) is 10.5. The normalized spacial score (nSPS) is 19.0. The van der Waals surface area contributed by atoms with Crippen LogP contribution in [-0.2, 0) is 14.4 Å². The van der Waals surface area contributed by atoms with Crippen LogP contribution in [0.3, 0.4) is 0 Å². The number of nitrogens with one attached hydrogen (secondary N) is 3. The van der Waals surface area contributed by atoms with Crippen molar-refractivity contribution in [2.24, 2.45) is 0 Å². The standard InChI is InChI=1S/C31H33BrN4O9/c1-15-8-16(2)10-17(9-15)45-23-11-18-20(33-31(40)22(35-29(18)38)14-25(37)36(3)44-7)13-21(23)34-30(39)19-12-24(41-4)27(42-5)28(43-6)26(19)32/h8-13,22H,14H2,1-7H3,(H,33,40)(H,34,39)(H,35,38)/t22-/m0/s1/i4D3,5D3,6D3,7D3. The third kappa shape index (κ3) is 7.13. The molecule has 3 N–H and O–H groups in total. The van der Waals surface area contributed by atoms with Gasteiger partial charge in [-0.1, -0.05) is 6.07 Å². The third-order valence-electron chi connectivity index (χ3n) is 6.48. The molecule has 0 saturated carbocycles. The van der Waals surface area contributed by atoms with Gasteiger partial charge >= 0.3 is 0 Å². The number of amides is 4. The van der Waals surface area contributed by atoms with E-state index in [0.29, 0.717) is 5.06 Å². The molecule has 1 heterocycles. The van der Waals surface area contributed by atoms with E-state index in [0.717, 1.165) is 36.4 Å². The van der Waals surface area contributed by atoms with Crippen LogP contribution in [0.25, 0.3) is 0 Å². The summed E-state index contributed by atoms with van der Waals surface area (Å²) in [6.45, 7) is 3.55. The number of halogens is 1. The van der Waals surface area contributed by atoms with Gasteiger partial charge < -0.3 is 34.9 Å². The number of nitrogens with zero attached hydrogens (tertiary/aromatic N) is 1. The Labute approximate surface area is 285 Å². The molecule has 1 aliphatic heterocycles. The number of methoxy groups -OCH3 is 3. The number of ether oxygens (including phenoxy) is 4. The molecular weight excluding hydrogens is 652 g/mol. The Morgan fingerprint density at radius 2 is 1.67 bits per heavy atom. The van der Waals surface area contributed by atoms with Crippen molar-refractivity contribution in [3.05, 3.63) is 63.1 Å². The summed E-state index contributed by atoms with van der Waals surface area (Å²) >= 11 is 3.04. The summed E-state index contributed by atoms with van der Waals surface area (Å²) in [4.78, 5) is 58.2. The lowest BCUT2D eigenvalue weighted by Crippen LogP contribution is -2.44. The second kappa shape index (κ2) is 13.9. The first-order valence-corrected chi connectivity index (χ1v) is 13.5. The van der Waals surface area contributed by atoms with Crippen molar-refractivity contribution in [2.45, 2.75) is 26.3 Å². The molecule has 3 aromatic carbocycles. The van der Waals surface area contributed by atoms with Crippen molar-refractivity contribution in [1.29, 1.82) is 0 Å². The molecule has 1 aliphatic rings. The Bertz CT molecular complexity index is 2070. The summed E-state index contributed by atoms with van der Waals surface area (Å²) in [6.07, 6.45) is -0.732. The smallest absolute Gasteiger partial charge is 0.257 e. The van der Waals surface area contributed by atoms with Crippen LogP contribution in [0.4, 0.5) is 11.4 Å². The average Bonchev–Trinajstić information content (AvgIpc) is 3.12. The largest absolute Gasteiger partial charge is 0.493 e. The molecule has 0 spiro atoms. The maximum absolute atomic E-state index is 14.1. The molecule has 4 rings (SSSR count). The highest BCUT2D eigenvalue weighted by atomic mass is 79.9. The number of carbonyl (C=O) groups excluding carboxylic acids is 4. The second-order valence-electron chi connectivity index (χ2n) is 9.68. The zero-order chi connectivity index (χ0) is 43.0. The zero-order valence-electron chi connectivity index (χ0n) is 35.7. The topological polar surface area (TPSA) is 154 Å². The van der Waals surface area contributed by atoms with Gasteiger partial charge in [0.05, 0.1) is 78.0 Å². The number of aryl methyl sites for hydroxylation is 2. The Morgan fingerprint density at radius 3 is 2.36 bits per heavy atom. The van der Waals surface area contributed by atoms with Gasteiger partial charge in [-0.05, 0) is 71.2 Å². The maximum Gasteiger partial charge on any atom is 0.257 e. The number of carbonyl (C=O) groups is 4. The molecule has 0 saturated heterocycles. The Hall–Kier alpha value is -4.82. The zero-order valence-corrected chi connectivity index (χ0v) is 25.3. The van der Waals surface area contributed by atoms with Gasteiger partial charge in [0.1, 0.15) is 11.8 Å². The Balaban J connectivity index is 1.84. The molecule has 0 aliphatic carbocycles. The first-order chi connectivity index (χ1) is 26.0. The van der Waals surface area contributed by atoms with Gasteiger partial charge in [-0.25, -0.2) is 5.06 Å². The van der Waals surface area contributed by atoms with Gasteiger partial charge in [0.25, 0.3) is 11.8 Å². The van der Waals surface area contributed by atoms with Crippen LogP contribution in [0.2, 0.25) is 0 Å². The van der Waals surface area contributed by atoms with E-state index in [1.54, 1.807) is 26.0 Å². The first kappa shape index (κ1) is 20.3. The molecular formula is C31H33BrN4O9. The molecule has 4 amide bonds. The molecule has 1 atom stereocenters. The quantitative estimate of drug-likeness (QED) is 0.258. The van der Waals surface area contributed by atoms with Crippen molar-refractivity contribution >= 4 is 50.9 Å². The molecule has 0 unspecified atom stereocenters. The SMILES string of the molecule is [2H]C([2H])([2H])Oc1cc(C(=O)Nc2cc3c(cc2Oc2cc(C)cc(C)c2)C(=O)N[C@@H](CC(=O)N(C)OC([2H])([2H])[2H])C(=O)N3)c(Br)c(OC([2H])([2H])[2H])c1OC([2H])([2H])[2H]. The van der Waals surface area contributed by atoms with Crippen LogP contribution in [-0.4, -0.2) is 69.9 Å². The van der Waals surface area contributed by atoms with Gasteiger partial charge in [0.15, 0.2) is 17.2 Å². The minimum atomic E-state index is -3.30. The van der Waals surface area contributed by atoms with E-state index in [4.69, 9.17) is 35.4 Å². The lowest BCUT2D eigenvalue weighted by atomic mass is 10.1. The number of anilines is 2. The van der Waals surface area contributed by atoms with Gasteiger partial charge in [-0.2, -0.15) is 0 Å². The number of hydrogen-bond donors (Lipinski definition) is 3. The Kier molecular flexibility index (Phi) is 6.24. The van der Waals surface area contributed by atoms with Crippen molar-refractivity contribution in [3.63, 3.8) is 0 Å². The number of hydrogen-bond acceptors (Lipinski definition) is 9. The summed E-state index contributed by atoms with van der Waals surface area (Å²) in [5.74, 6) is -6.77. The molecule has 0 fully saturated rings. The van der Waals surface area contributed by atoms with Gasteiger partial charge in [-0.15, -0.1) is 0 Å². The molecule has 14 heteroatoms. The number of hydroxylamine groups is 2. The fourth-order valence-electron chi connectivity index (χ4n) is 4.40. The Morgan fingerprint density at radius 1 is 0.956 bits per heavy atom. The van der Waals surface area contributed by atoms with Gasteiger partial charge in [-0.3, -0.25) is 24.0 Å². The highest BCUT2D eigenvalue weighted by Gasteiger charge is 2.32. The van der Waals surface area contributed by atoms with E-state index in [-0.39, 0.29) is 28.4 Å². The van der Waals surface area contributed by atoms with Crippen LogP contribution in [0, 0.1) is 13.8 Å². The monoisotopic (exact) mass is 696 g/mol. The average molecular weight is 698 g/mol. The third-order valence-corrected chi connectivity index (χ3v) is 7.27. The maximum atomic E-state index is 14.1. The van der Waals surface area contributed by atoms with Crippen molar-refractivity contribution in [1.82, 2.24) is 10.4 Å². The predicted molar refractivity (Wildman–Crippen MR) is 168 cm³/mol. The van der Waals surface area contributed by atoms with Crippen molar-refractivity contribution in [2.75, 3.05) is 45.8 Å². The van der Waals surface area contributed by atoms with Crippen LogP contribution in [0.5, 0.6) is 28.7 Å². The number of rotatable bonds is 10. The van der Waals surface area contributed by atoms with E-state index < -0.39 is 91.5 Å². The molecule has 0 aromatic heterocycles. The van der Waals surface area contributed by atoms with E-state index in [1.165, 1.54) is 0 Å². The summed E-state index contributed by atoms with van der Waals surface area (Å²) in [6, 6.07) is 6.58. The molecule has 45 heavy (non-hydrogen) atoms. The predicted octanol–water partition coefficient (Wildman–Crippen LogP) is 4.60. The van der Waals surface area contributed by atoms with E-state index in [1.807, 2.05) is 6.07 Å². The molecule has 13 nitrogen and oxygen atoms in total. The van der Waals surface area contributed by atoms with Crippen LogP contribution in [0.1, 0.15) is 54.7 Å². The molecule has 3 aromatic rings. The minimum absolute atomic E-state index is 0.201. The van der Waals surface area contributed by atoms with Crippen LogP contribution < -0.4 is 34.9 Å². The number of benzene rings is 3. The lowest BCUT2D eigenvalue weighted by molar-refractivity contribution is -0.169. The summed E-state index contributed by atoms with van der Waals surface area (Å²) in [5.41, 5.74) is 0.294. The first-order valence-electron chi connectivity index (χ1n) is 18.7. The fraction of sp³-hybridized carbons (Fsp3) is 0.290. The lowest BCUT2D eigenvalue weighted by Gasteiger charge is -2.19. The summed E-state index contributed by atoms with van der Waals surface area (Å²) in [7, 11) is -11.9. The fourth-order valence-corrected chi connectivity index (χ4v) is 4.96. The van der Waals surface area contributed by atoms with Crippen LogP contribution in [0.15, 0.2) is 40.9 Å². The highest BCUT2D eigenvalue weighted by Crippen LogP contribution is 2.45. The highest BCUT2D eigenvalue weighted by molar-refractivity contribution is 9.10. The van der Waals surface area contributed by atoms with Gasteiger partial charge in [0, 0.05) is 7.05 Å². The minimum Gasteiger partial charge on any atom is -0.493 e. The summed E-state index contributed by atoms with van der Waals surface area (Å²) in [5, 5.41) is 7.76. The van der Waals surface area contributed by atoms with E-state index >= 15 is 0 Å². The molecule has 238 valence electrons. The molecule has 0 radical (unpaired) electrons.